The monoisotopic (exact) mass is 327 g/mol. The number of methoxy groups -OCH3 is 1. The van der Waals surface area contributed by atoms with Crippen molar-refractivity contribution < 1.29 is 28.2 Å². The zero-order valence-corrected chi connectivity index (χ0v) is 13.2. The molecule has 1 N–H and O–H groups in total. The highest BCUT2D eigenvalue weighted by atomic mass is 19.1. The van der Waals surface area contributed by atoms with Crippen molar-refractivity contribution in [2.75, 3.05) is 20.3 Å². The van der Waals surface area contributed by atoms with Gasteiger partial charge in [-0.1, -0.05) is 13.8 Å². The second-order valence-electron chi connectivity index (χ2n) is 4.29. The normalized spacial score (nSPS) is 10.1. The third kappa shape index (κ3) is 4.85. The molecular formula is C16H19F2NO4. The first-order chi connectivity index (χ1) is 11.0. The van der Waals surface area contributed by atoms with Gasteiger partial charge in [0.25, 0.3) is 0 Å². The summed E-state index contributed by atoms with van der Waals surface area (Å²) >= 11 is 0. The summed E-state index contributed by atoms with van der Waals surface area (Å²) in [6.07, 6.45) is 0.556. The van der Waals surface area contributed by atoms with Crippen LogP contribution in [0.5, 0.6) is 5.75 Å². The van der Waals surface area contributed by atoms with E-state index in [1.807, 2.05) is 13.8 Å². The van der Waals surface area contributed by atoms with E-state index in [0.717, 1.165) is 12.1 Å². The van der Waals surface area contributed by atoms with Crippen molar-refractivity contribution in [1.29, 1.82) is 0 Å². The molecule has 0 atom stereocenters. The van der Waals surface area contributed by atoms with Gasteiger partial charge >= 0.3 is 5.97 Å². The minimum Gasteiger partial charge on any atom is -0.493 e. The molecule has 0 aliphatic rings. The van der Waals surface area contributed by atoms with Gasteiger partial charge < -0.3 is 14.6 Å². The number of ether oxygens (including phenoxy) is 2. The minimum absolute atomic E-state index is 0.0758. The first kappa shape index (κ1) is 18.8. The van der Waals surface area contributed by atoms with Crippen LogP contribution < -0.4 is 4.74 Å². The largest absolute Gasteiger partial charge is 0.493 e. The number of hydrogen-bond acceptors (Lipinski definition) is 4. The summed E-state index contributed by atoms with van der Waals surface area (Å²) in [7, 11) is 1.54. The number of pyridine rings is 1. The summed E-state index contributed by atoms with van der Waals surface area (Å²) in [5.74, 6) is -2.96. The van der Waals surface area contributed by atoms with E-state index in [1.54, 1.807) is 0 Å². The quantitative estimate of drug-likeness (QED) is 0.820. The summed E-state index contributed by atoms with van der Waals surface area (Å²) in [4.78, 5) is 14.7. The lowest BCUT2D eigenvalue weighted by atomic mass is 10.1. The Bertz CT molecular complexity index is 677. The van der Waals surface area contributed by atoms with Crippen LogP contribution >= 0.6 is 0 Å². The summed E-state index contributed by atoms with van der Waals surface area (Å²) in [6.45, 7) is 4.68. The zero-order valence-electron chi connectivity index (χ0n) is 13.2. The molecule has 0 radical (unpaired) electrons. The van der Waals surface area contributed by atoms with E-state index in [0.29, 0.717) is 19.1 Å². The summed E-state index contributed by atoms with van der Waals surface area (Å²) in [6, 6.07) is 2.86. The van der Waals surface area contributed by atoms with Crippen molar-refractivity contribution in [2.24, 2.45) is 0 Å². The number of aromatic nitrogens is 1. The number of carbonyl (C=O) groups is 1. The molecule has 126 valence electrons. The fourth-order valence-corrected chi connectivity index (χ4v) is 1.84. The highest BCUT2D eigenvalue weighted by Gasteiger charge is 2.16. The van der Waals surface area contributed by atoms with Crippen LogP contribution in [0.25, 0.3) is 10.9 Å². The van der Waals surface area contributed by atoms with Gasteiger partial charge in [-0.3, -0.25) is 0 Å². The SMILES string of the molecule is CC.COCCCOc1cc(C(=O)O)nc2c(F)cc(F)cc12. The average molecular weight is 327 g/mol. The van der Waals surface area contributed by atoms with Crippen molar-refractivity contribution >= 4 is 16.9 Å². The van der Waals surface area contributed by atoms with Crippen LogP contribution in [0.15, 0.2) is 18.2 Å². The summed E-state index contributed by atoms with van der Waals surface area (Å²) in [5.41, 5.74) is -0.604. The summed E-state index contributed by atoms with van der Waals surface area (Å²) < 4.78 is 37.3. The lowest BCUT2D eigenvalue weighted by Gasteiger charge is -2.10. The van der Waals surface area contributed by atoms with Crippen LogP contribution in [0.4, 0.5) is 8.78 Å². The Kier molecular flexibility index (Phi) is 7.34. The number of hydrogen-bond donors (Lipinski definition) is 1. The van der Waals surface area contributed by atoms with Gasteiger partial charge in [-0.25, -0.2) is 18.6 Å². The molecule has 0 saturated carbocycles. The van der Waals surface area contributed by atoms with Crippen LogP contribution in [-0.4, -0.2) is 36.4 Å². The molecule has 2 rings (SSSR count). The fourth-order valence-electron chi connectivity index (χ4n) is 1.84. The third-order valence-electron chi connectivity index (χ3n) is 2.76. The molecule has 1 aromatic carbocycles. The molecule has 0 spiro atoms. The van der Waals surface area contributed by atoms with Crippen molar-refractivity contribution in [3.63, 3.8) is 0 Å². The van der Waals surface area contributed by atoms with Crippen LogP contribution in [-0.2, 0) is 4.74 Å². The van der Waals surface area contributed by atoms with Gasteiger partial charge in [0.1, 0.15) is 17.1 Å². The molecule has 0 bridgehead atoms. The molecule has 1 heterocycles. The summed E-state index contributed by atoms with van der Waals surface area (Å²) in [5, 5.41) is 9.08. The molecule has 0 saturated heterocycles. The predicted molar refractivity (Wildman–Crippen MR) is 82.0 cm³/mol. The van der Waals surface area contributed by atoms with Crippen molar-refractivity contribution in [3.8, 4) is 5.75 Å². The Balaban J connectivity index is 0.00000127. The Morgan fingerprint density at radius 1 is 1.22 bits per heavy atom. The predicted octanol–water partition coefficient (Wildman–Crippen LogP) is 3.65. The maximum Gasteiger partial charge on any atom is 0.354 e. The number of carboxylic acids is 1. The van der Waals surface area contributed by atoms with Crippen molar-refractivity contribution in [3.05, 3.63) is 35.5 Å². The van der Waals surface area contributed by atoms with E-state index in [1.165, 1.54) is 7.11 Å². The number of rotatable bonds is 6. The molecule has 7 heteroatoms. The van der Waals surface area contributed by atoms with E-state index in [4.69, 9.17) is 14.6 Å². The Morgan fingerprint density at radius 2 is 1.91 bits per heavy atom. The van der Waals surface area contributed by atoms with Gasteiger partial charge in [0.15, 0.2) is 11.5 Å². The van der Waals surface area contributed by atoms with Crippen molar-refractivity contribution in [2.45, 2.75) is 20.3 Å². The molecule has 0 aliphatic carbocycles. The highest BCUT2D eigenvalue weighted by molar-refractivity contribution is 5.93. The number of fused-ring (bicyclic) bond motifs is 1. The fraction of sp³-hybridized carbons (Fsp3) is 0.375. The molecule has 0 fully saturated rings. The Labute approximate surface area is 132 Å². The second-order valence-corrected chi connectivity index (χ2v) is 4.29. The number of carboxylic acid groups (broad SMARTS) is 1. The topological polar surface area (TPSA) is 68.7 Å². The molecule has 23 heavy (non-hydrogen) atoms. The van der Waals surface area contributed by atoms with Crippen LogP contribution in [0.1, 0.15) is 30.8 Å². The van der Waals surface area contributed by atoms with E-state index >= 15 is 0 Å². The molecule has 0 unspecified atom stereocenters. The lowest BCUT2D eigenvalue weighted by Crippen LogP contribution is -2.06. The first-order valence-corrected chi connectivity index (χ1v) is 7.17. The second kappa shape index (κ2) is 8.99. The van der Waals surface area contributed by atoms with Gasteiger partial charge in [0.05, 0.1) is 6.61 Å². The number of nitrogens with zero attached hydrogens (tertiary/aromatic N) is 1. The van der Waals surface area contributed by atoms with Crippen molar-refractivity contribution in [1.82, 2.24) is 4.98 Å². The first-order valence-electron chi connectivity index (χ1n) is 7.17. The zero-order chi connectivity index (χ0) is 17.4. The van der Waals surface area contributed by atoms with Gasteiger partial charge in [-0.05, 0) is 6.07 Å². The minimum atomic E-state index is -1.32. The smallest absolute Gasteiger partial charge is 0.354 e. The van der Waals surface area contributed by atoms with Gasteiger partial charge in [-0.15, -0.1) is 0 Å². The Hall–Kier alpha value is -2.28. The van der Waals surface area contributed by atoms with Gasteiger partial charge in [0.2, 0.25) is 0 Å². The van der Waals surface area contributed by atoms with E-state index in [2.05, 4.69) is 4.98 Å². The maximum atomic E-state index is 13.7. The number of halogens is 2. The molecule has 0 aliphatic heterocycles. The van der Waals surface area contributed by atoms with Crippen LogP contribution in [0.2, 0.25) is 0 Å². The van der Waals surface area contributed by atoms with Crippen LogP contribution in [0, 0.1) is 11.6 Å². The van der Waals surface area contributed by atoms with E-state index in [-0.39, 0.29) is 29.0 Å². The molecule has 0 amide bonds. The lowest BCUT2D eigenvalue weighted by molar-refractivity contribution is 0.0690. The molecule has 2 aromatic rings. The molecule has 1 aromatic heterocycles. The maximum absolute atomic E-state index is 13.7. The average Bonchev–Trinajstić information content (AvgIpc) is 2.53. The highest BCUT2D eigenvalue weighted by Crippen LogP contribution is 2.28. The number of aromatic carboxylic acids is 1. The van der Waals surface area contributed by atoms with Gasteiger partial charge in [-0.2, -0.15) is 0 Å². The van der Waals surface area contributed by atoms with Crippen LogP contribution in [0.3, 0.4) is 0 Å². The standard InChI is InChI=1S/C14H13F2NO4.C2H6/c1-20-3-2-4-21-12-7-11(14(18)19)17-13-9(12)5-8(15)6-10(13)16;1-2/h5-7H,2-4H2,1H3,(H,18,19);1-2H3. The molecular weight excluding hydrogens is 308 g/mol. The van der Waals surface area contributed by atoms with E-state index < -0.39 is 17.6 Å². The van der Waals surface area contributed by atoms with Gasteiger partial charge in [0, 0.05) is 37.7 Å². The van der Waals surface area contributed by atoms with E-state index in [9.17, 15) is 13.6 Å². The number of benzene rings is 1. The Morgan fingerprint density at radius 3 is 2.52 bits per heavy atom. The molecule has 5 nitrogen and oxygen atoms in total. The third-order valence-corrected chi connectivity index (χ3v) is 2.76.